The third kappa shape index (κ3) is 3.86. The Morgan fingerprint density at radius 1 is 1.04 bits per heavy atom. The summed E-state index contributed by atoms with van der Waals surface area (Å²) in [5, 5.41) is 26.6. The van der Waals surface area contributed by atoms with Gasteiger partial charge in [-0.2, -0.15) is 0 Å². The number of esters is 1. The minimum atomic E-state index is -1.70. The van der Waals surface area contributed by atoms with Crippen LogP contribution in [0.2, 0.25) is 0 Å². The average molecular weight is 683 g/mol. The van der Waals surface area contributed by atoms with Gasteiger partial charge in [0.25, 0.3) is 0 Å². The molecule has 2 N–H and O–H groups in total. The third-order valence-electron chi connectivity index (χ3n) is 14.5. The molecule has 2 saturated heterocycles. The molecule has 1 spiro atoms. The van der Waals surface area contributed by atoms with E-state index in [9.17, 15) is 24.6 Å². The molecule has 12 heteroatoms. The Balaban J connectivity index is 1.23. The Morgan fingerprint density at radius 3 is 2.43 bits per heavy atom. The van der Waals surface area contributed by atoms with Crippen LogP contribution in [0.5, 0.6) is 0 Å². The third-order valence-corrected chi connectivity index (χ3v) is 14.5. The van der Waals surface area contributed by atoms with Crippen molar-refractivity contribution in [3.8, 4) is 0 Å². The van der Waals surface area contributed by atoms with Gasteiger partial charge in [-0.3, -0.25) is 14.5 Å². The van der Waals surface area contributed by atoms with Crippen LogP contribution in [-0.2, 0) is 33.3 Å². The van der Waals surface area contributed by atoms with Gasteiger partial charge in [0.1, 0.15) is 11.2 Å². The van der Waals surface area contributed by atoms with Crippen LogP contribution in [0.4, 0.5) is 5.69 Å². The number of piperidine rings is 1. The highest BCUT2D eigenvalue weighted by Gasteiger charge is 2.91. The van der Waals surface area contributed by atoms with E-state index in [0.29, 0.717) is 25.9 Å². The summed E-state index contributed by atoms with van der Waals surface area (Å²) >= 11 is 0. The van der Waals surface area contributed by atoms with E-state index < -0.39 is 46.1 Å². The van der Waals surface area contributed by atoms with Crippen molar-refractivity contribution in [2.75, 3.05) is 53.0 Å². The van der Waals surface area contributed by atoms with Crippen molar-refractivity contribution in [1.82, 2.24) is 4.90 Å². The Morgan fingerprint density at radius 2 is 1.80 bits per heavy atom. The summed E-state index contributed by atoms with van der Waals surface area (Å²) < 4.78 is 31.4. The van der Waals surface area contributed by atoms with Gasteiger partial charge in [-0.25, -0.2) is 9.69 Å². The first-order chi connectivity index (χ1) is 23.4. The van der Waals surface area contributed by atoms with Crippen LogP contribution in [0.1, 0.15) is 56.3 Å². The molecule has 12 nitrogen and oxygen atoms in total. The van der Waals surface area contributed by atoms with Crippen LogP contribution in [0.15, 0.2) is 24.3 Å². The maximum Gasteiger partial charge on any atom is 0.340 e. The molecule has 5 saturated carbocycles. The first-order valence-electron chi connectivity index (χ1n) is 17.9. The quantitative estimate of drug-likeness (QED) is 0.292. The number of hydrogen-bond acceptors (Lipinski definition) is 11. The SMILES string of the molecule is CCN1C[C@]2(COC(=O)c3ccccc3N3C(=O)C[C@H](C)C3=O)CC[C@H](OC)[C@@]34C5C[C@H]6[C@H](OC)[C@@H]5[C@](O)(C[C@H]6OC)[C@@](O)([C@H](OC)[C@H]23)[C@@H]14. The number of rotatable bonds is 9. The van der Waals surface area contributed by atoms with Crippen LogP contribution >= 0.6 is 0 Å². The number of methoxy groups -OCH3 is 4. The van der Waals surface area contributed by atoms with Crippen LogP contribution in [0.25, 0.3) is 0 Å². The summed E-state index contributed by atoms with van der Waals surface area (Å²) in [6.45, 7) is 4.95. The molecule has 0 aromatic heterocycles. The topological polar surface area (TPSA) is 144 Å². The predicted molar refractivity (Wildman–Crippen MR) is 174 cm³/mol. The summed E-state index contributed by atoms with van der Waals surface area (Å²) in [4.78, 5) is 43.3. The Bertz CT molecular complexity index is 1560. The van der Waals surface area contributed by atoms with E-state index in [0.717, 1.165) is 11.3 Å². The summed E-state index contributed by atoms with van der Waals surface area (Å²) in [5.41, 5.74) is -4.17. The number of fused-ring (bicyclic) bond motifs is 2. The lowest BCUT2D eigenvalue weighted by Gasteiger charge is -2.70. The molecule has 2 aliphatic heterocycles. The molecule has 14 atom stereocenters. The van der Waals surface area contributed by atoms with Gasteiger partial charge in [-0.05, 0) is 43.9 Å². The summed E-state index contributed by atoms with van der Waals surface area (Å²) in [7, 11) is 6.70. The smallest absolute Gasteiger partial charge is 0.340 e. The molecule has 7 aliphatic rings. The van der Waals surface area contributed by atoms with Gasteiger partial charge in [0, 0.05) is 82.3 Å². The molecule has 0 radical (unpaired) electrons. The van der Waals surface area contributed by atoms with E-state index in [-0.39, 0.29) is 84.5 Å². The van der Waals surface area contributed by atoms with Gasteiger partial charge in [-0.1, -0.05) is 26.0 Å². The van der Waals surface area contributed by atoms with Crippen LogP contribution in [0, 0.1) is 40.4 Å². The molecular weight excluding hydrogens is 632 g/mol. The fraction of sp³-hybridized carbons (Fsp3) is 0.757. The zero-order valence-corrected chi connectivity index (χ0v) is 29.3. The second-order valence-corrected chi connectivity index (χ2v) is 16.0. The van der Waals surface area contributed by atoms with E-state index >= 15 is 0 Å². The largest absolute Gasteiger partial charge is 0.461 e. The van der Waals surface area contributed by atoms with E-state index in [4.69, 9.17) is 23.7 Å². The van der Waals surface area contributed by atoms with Gasteiger partial charge in [0.2, 0.25) is 11.8 Å². The normalized spacial score (nSPS) is 48.0. The van der Waals surface area contributed by atoms with Crippen molar-refractivity contribution < 1.29 is 48.3 Å². The molecule has 1 aromatic carbocycles. The molecule has 5 aliphatic carbocycles. The molecule has 7 bridgehead atoms. The lowest BCUT2D eigenvalue weighted by Crippen LogP contribution is -2.82. The Hall–Kier alpha value is -2.45. The standard InChI is InChI=1S/C37H50N2O10/c1-7-38-17-34(18-49-32(42)20-10-8-9-11-23(20)39-26(40)14-19(2)31(39)41)13-12-25(46-4)36-22-15-21-24(45-3)16-35(43,27(22)28(21)47-5)37(44,33(36)38)30(48-6)29(34)36/h8-11,19,21-22,24-25,27-30,33,43-44H,7,12-18H2,1-6H3/t19-,21+,22?,24+,25-,27+,28-,29+,30+,33-,34-,35+,36-,37+/m0/s1. The van der Waals surface area contributed by atoms with Crippen LogP contribution < -0.4 is 4.90 Å². The number of ether oxygens (including phenoxy) is 5. The Kier molecular flexibility index (Phi) is 7.75. The van der Waals surface area contributed by atoms with Gasteiger partial charge in [-0.15, -0.1) is 0 Å². The molecule has 8 rings (SSSR count). The van der Waals surface area contributed by atoms with Gasteiger partial charge in [0.05, 0.1) is 48.3 Å². The highest BCUT2D eigenvalue weighted by Crippen LogP contribution is 2.80. The second-order valence-electron chi connectivity index (χ2n) is 16.0. The zero-order chi connectivity index (χ0) is 34.8. The van der Waals surface area contributed by atoms with Crippen molar-refractivity contribution >= 4 is 23.5 Å². The van der Waals surface area contributed by atoms with E-state index in [2.05, 4.69) is 11.8 Å². The molecule has 49 heavy (non-hydrogen) atoms. The number of hydrogen-bond donors (Lipinski definition) is 2. The van der Waals surface area contributed by atoms with Crippen molar-refractivity contribution in [3.63, 3.8) is 0 Å². The maximum absolute atomic E-state index is 14.1. The molecule has 2 amide bonds. The van der Waals surface area contributed by atoms with E-state index in [1.54, 1.807) is 59.6 Å². The fourth-order valence-electron chi connectivity index (χ4n) is 13.2. The molecule has 1 aromatic rings. The molecule has 2 heterocycles. The Labute approximate surface area is 287 Å². The number of para-hydroxylation sites is 1. The molecule has 1 unspecified atom stereocenters. The zero-order valence-electron chi connectivity index (χ0n) is 29.3. The fourth-order valence-corrected chi connectivity index (χ4v) is 13.2. The van der Waals surface area contributed by atoms with Crippen molar-refractivity contribution in [3.05, 3.63) is 29.8 Å². The lowest BCUT2D eigenvalue weighted by molar-refractivity contribution is -0.320. The number of aliphatic hydroxyl groups is 2. The maximum atomic E-state index is 14.1. The number of benzene rings is 1. The van der Waals surface area contributed by atoms with Crippen LogP contribution in [-0.4, -0.2) is 123 Å². The summed E-state index contributed by atoms with van der Waals surface area (Å²) in [6, 6.07) is 6.12. The molecule has 268 valence electrons. The predicted octanol–water partition coefficient (Wildman–Crippen LogP) is 2.04. The highest BCUT2D eigenvalue weighted by atomic mass is 16.5. The number of nitrogens with zero attached hydrogens (tertiary/aromatic N) is 2. The summed E-state index contributed by atoms with van der Waals surface area (Å²) in [6.07, 6.45) is 0.813. The number of likely N-dealkylation sites (N-methyl/N-ethyl adjacent to an activating group) is 1. The van der Waals surface area contributed by atoms with Gasteiger partial charge >= 0.3 is 5.97 Å². The van der Waals surface area contributed by atoms with Gasteiger partial charge in [0.15, 0.2) is 0 Å². The summed E-state index contributed by atoms with van der Waals surface area (Å²) in [5.74, 6) is -2.47. The van der Waals surface area contributed by atoms with Crippen molar-refractivity contribution in [2.24, 2.45) is 40.4 Å². The van der Waals surface area contributed by atoms with E-state index in [1.807, 2.05) is 0 Å². The molecular formula is C37H50N2O10. The van der Waals surface area contributed by atoms with Crippen molar-refractivity contribution in [1.29, 1.82) is 0 Å². The number of amides is 2. The monoisotopic (exact) mass is 682 g/mol. The van der Waals surface area contributed by atoms with Crippen LogP contribution in [0.3, 0.4) is 0 Å². The second kappa shape index (κ2) is 11.3. The number of carbonyl (C=O) groups excluding carboxylic acids is 3. The van der Waals surface area contributed by atoms with Gasteiger partial charge < -0.3 is 33.9 Å². The average Bonchev–Trinajstić information content (AvgIpc) is 3.63. The van der Waals surface area contributed by atoms with E-state index in [1.165, 1.54) is 0 Å². The highest BCUT2D eigenvalue weighted by molar-refractivity contribution is 6.22. The first-order valence-corrected chi connectivity index (χ1v) is 17.9. The minimum Gasteiger partial charge on any atom is -0.461 e. The number of likely N-dealkylation sites (tertiary alicyclic amines) is 1. The number of carbonyl (C=O) groups is 3. The lowest BCUT2D eigenvalue weighted by atomic mass is 9.42. The first kappa shape index (κ1) is 33.7. The number of anilines is 1. The molecule has 7 fully saturated rings. The minimum absolute atomic E-state index is 0.0358. The van der Waals surface area contributed by atoms with Crippen molar-refractivity contribution in [2.45, 2.75) is 87.6 Å². The number of imide groups is 1.